The van der Waals surface area contributed by atoms with Gasteiger partial charge in [0.1, 0.15) is 0 Å². The van der Waals surface area contributed by atoms with Gasteiger partial charge in [-0.25, -0.2) is 4.98 Å². The zero-order valence-corrected chi connectivity index (χ0v) is 14.0. The Hall–Kier alpha value is -0.610. The van der Waals surface area contributed by atoms with E-state index in [0.29, 0.717) is 6.04 Å². The average molecular weight is 295 g/mol. The van der Waals surface area contributed by atoms with Crippen LogP contribution in [-0.4, -0.2) is 24.6 Å². The van der Waals surface area contributed by atoms with E-state index in [1.807, 2.05) is 11.3 Å². The van der Waals surface area contributed by atoms with Gasteiger partial charge in [-0.2, -0.15) is 0 Å². The highest BCUT2D eigenvalue weighted by atomic mass is 32.1. The van der Waals surface area contributed by atoms with E-state index >= 15 is 0 Å². The van der Waals surface area contributed by atoms with E-state index in [-0.39, 0.29) is 0 Å². The summed E-state index contributed by atoms with van der Waals surface area (Å²) in [5.41, 5.74) is 1.20. The third-order valence-electron chi connectivity index (χ3n) is 4.24. The molecule has 1 aliphatic rings. The third kappa shape index (κ3) is 4.19. The Kier molecular flexibility index (Phi) is 6.30. The molecule has 0 aromatic carbocycles. The fourth-order valence-electron chi connectivity index (χ4n) is 2.91. The molecule has 1 atom stereocenters. The maximum absolute atomic E-state index is 4.84. The largest absolute Gasteiger partial charge is 0.348 e. The third-order valence-corrected chi connectivity index (χ3v) is 5.16. The molecule has 0 aliphatic carbocycles. The molecule has 4 heteroatoms. The fraction of sp³-hybridized carbons (Fsp3) is 0.812. The number of rotatable bonds is 7. The highest BCUT2D eigenvalue weighted by Crippen LogP contribution is 2.29. The summed E-state index contributed by atoms with van der Waals surface area (Å²) in [5.74, 6) is 0.945. The number of anilines is 1. The van der Waals surface area contributed by atoms with E-state index in [0.717, 1.165) is 12.5 Å². The van der Waals surface area contributed by atoms with Gasteiger partial charge in [-0.05, 0) is 38.6 Å². The topological polar surface area (TPSA) is 28.2 Å². The van der Waals surface area contributed by atoms with Gasteiger partial charge in [-0.1, -0.05) is 26.7 Å². The van der Waals surface area contributed by atoms with Gasteiger partial charge in [0.05, 0.1) is 5.69 Å². The first-order chi connectivity index (χ1) is 9.74. The predicted molar refractivity (Wildman–Crippen MR) is 88.7 cm³/mol. The van der Waals surface area contributed by atoms with Crippen molar-refractivity contribution in [3.05, 3.63) is 11.1 Å². The highest BCUT2D eigenvalue weighted by Gasteiger charge is 2.21. The van der Waals surface area contributed by atoms with Crippen LogP contribution in [0.5, 0.6) is 0 Å². The van der Waals surface area contributed by atoms with Crippen molar-refractivity contribution >= 4 is 16.5 Å². The first-order valence-electron chi connectivity index (χ1n) is 8.18. The van der Waals surface area contributed by atoms with Crippen molar-refractivity contribution in [2.45, 2.75) is 58.9 Å². The number of nitrogens with one attached hydrogen (secondary N) is 1. The van der Waals surface area contributed by atoms with Crippen LogP contribution in [0, 0.1) is 5.92 Å². The molecule has 0 radical (unpaired) electrons. The standard InChI is InChI=1S/C16H29N3S/c1-4-6-14-7-10-19(11-8-14)16-18-15(12-20-16)13(3)17-9-5-2/h12-14,17H,4-11H2,1-3H3. The zero-order chi connectivity index (χ0) is 14.4. The average Bonchev–Trinajstić information content (AvgIpc) is 2.96. The van der Waals surface area contributed by atoms with Gasteiger partial charge in [-0.3, -0.25) is 0 Å². The number of aromatic nitrogens is 1. The molecule has 1 fully saturated rings. The minimum Gasteiger partial charge on any atom is -0.348 e. The molecule has 1 saturated heterocycles. The van der Waals surface area contributed by atoms with Crippen LogP contribution in [0.3, 0.4) is 0 Å². The maximum Gasteiger partial charge on any atom is 0.185 e. The first kappa shape index (κ1) is 15.8. The monoisotopic (exact) mass is 295 g/mol. The van der Waals surface area contributed by atoms with E-state index in [1.165, 1.54) is 56.0 Å². The van der Waals surface area contributed by atoms with E-state index < -0.39 is 0 Å². The Balaban J connectivity index is 1.86. The van der Waals surface area contributed by atoms with Gasteiger partial charge in [-0.15, -0.1) is 11.3 Å². The van der Waals surface area contributed by atoms with Crippen LogP contribution >= 0.6 is 11.3 Å². The summed E-state index contributed by atoms with van der Waals surface area (Å²) in [4.78, 5) is 7.32. The molecule has 0 bridgehead atoms. The summed E-state index contributed by atoms with van der Waals surface area (Å²) in [6.45, 7) is 10.2. The van der Waals surface area contributed by atoms with Gasteiger partial charge in [0, 0.05) is 24.5 Å². The van der Waals surface area contributed by atoms with Crippen LogP contribution in [0.4, 0.5) is 5.13 Å². The van der Waals surface area contributed by atoms with Crippen molar-refractivity contribution in [2.75, 3.05) is 24.5 Å². The van der Waals surface area contributed by atoms with E-state index in [1.54, 1.807) is 0 Å². The quantitative estimate of drug-likeness (QED) is 0.816. The summed E-state index contributed by atoms with van der Waals surface area (Å²) in [6.07, 6.45) is 6.58. The molecule has 1 N–H and O–H groups in total. The second-order valence-corrected chi connectivity index (χ2v) is 6.79. The molecule has 114 valence electrons. The second kappa shape index (κ2) is 7.99. The Morgan fingerprint density at radius 1 is 1.35 bits per heavy atom. The minimum absolute atomic E-state index is 0.373. The molecule has 2 rings (SSSR count). The van der Waals surface area contributed by atoms with Crippen LogP contribution in [0.25, 0.3) is 0 Å². The molecule has 20 heavy (non-hydrogen) atoms. The highest BCUT2D eigenvalue weighted by molar-refractivity contribution is 7.13. The molecule has 0 saturated carbocycles. The summed E-state index contributed by atoms with van der Waals surface area (Å²) >= 11 is 1.81. The maximum atomic E-state index is 4.84. The van der Waals surface area contributed by atoms with Crippen LogP contribution in [0.1, 0.15) is 64.6 Å². The van der Waals surface area contributed by atoms with E-state index in [2.05, 4.69) is 36.4 Å². The van der Waals surface area contributed by atoms with Crippen molar-refractivity contribution < 1.29 is 0 Å². The minimum atomic E-state index is 0.373. The van der Waals surface area contributed by atoms with Crippen LogP contribution in [0.15, 0.2) is 5.38 Å². The summed E-state index contributed by atoms with van der Waals surface area (Å²) in [6, 6.07) is 0.373. The van der Waals surface area contributed by atoms with E-state index in [9.17, 15) is 0 Å². The molecule has 0 spiro atoms. The molecular weight excluding hydrogens is 266 g/mol. The Morgan fingerprint density at radius 2 is 2.10 bits per heavy atom. The SMILES string of the molecule is CCCNC(C)c1csc(N2CCC(CCC)CC2)n1. The lowest BCUT2D eigenvalue weighted by Crippen LogP contribution is -2.33. The second-order valence-electron chi connectivity index (χ2n) is 5.95. The van der Waals surface area contributed by atoms with Gasteiger partial charge in [0.25, 0.3) is 0 Å². The fourth-order valence-corrected chi connectivity index (χ4v) is 3.88. The van der Waals surface area contributed by atoms with Crippen molar-refractivity contribution in [3.63, 3.8) is 0 Å². The number of hydrogen-bond acceptors (Lipinski definition) is 4. The number of thiazole rings is 1. The van der Waals surface area contributed by atoms with Gasteiger partial charge >= 0.3 is 0 Å². The molecule has 0 amide bonds. The number of hydrogen-bond donors (Lipinski definition) is 1. The van der Waals surface area contributed by atoms with Crippen molar-refractivity contribution in [1.29, 1.82) is 0 Å². The number of nitrogens with zero attached hydrogens (tertiary/aromatic N) is 2. The van der Waals surface area contributed by atoms with Crippen molar-refractivity contribution in [2.24, 2.45) is 5.92 Å². The van der Waals surface area contributed by atoms with E-state index in [4.69, 9.17) is 4.98 Å². The van der Waals surface area contributed by atoms with Crippen LogP contribution in [0.2, 0.25) is 0 Å². The molecule has 2 heterocycles. The normalized spacial score (nSPS) is 18.4. The Morgan fingerprint density at radius 3 is 2.75 bits per heavy atom. The predicted octanol–water partition coefficient (Wildman–Crippen LogP) is 4.22. The molecule has 1 unspecified atom stereocenters. The zero-order valence-electron chi connectivity index (χ0n) is 13.2. The molecule has 3 nitrogen and oxygen atoms in total. The Labute approximate surface area is 127 Å². The molecular formula is C16H29N3S. The first-order valence-corrected chi connectivity index (χ1v) is 9.06. The molecule has 1 aliphatic heterocycles. The lowest BCUT2D eigenvalue weighted by atomic mass is 9.93. The van der Waals surface area contributed by atoms with Crippen LogP contribution < -0.4 is 10.2 Å². The summed E-state index contributed by atoms with van der Waals surface area (Å²) in [7, 11) is 0. The Bertz CT molecular complexity index is 383. The van der Waals surface area contributed by atoms with Crippen LogP contribution in [-0.2, 0) is 0 Å². The molecule has 1 aromatic rings. The number of piperidine rings is 1. The van der Waals surface area contributed by atoms with Crippen molar-refractivity contribution in [3.8, 4) is 0 Å². The van der Waals surface area contributed by atoms with Gasteiger partial charge in [0.2, 0.25) is 0 Å². The van der Waals surface area contributed by atoms with Gasteiger partial charge in [0.15, 0.2) is 5.13 Å². The summed E-state index contributed by atoms with van der Waals surface area (Å²) in [5, 5.41) is 6.96. The lowest BCUT2D eigenvalue weighted by Gasteiger charge is -2.31. The van der Waals surface area contributed by atoms with Gasteiger partial charge < -0.3 is 10.2 Å². The lowest BCUT2D eigenvalue weighted by molar-refractivity contribution is 0.378. The molecule has 1 aromatic heterocycles. The summed E-state index contributed by atoms with van der Waals surface area (Å²) < 4.78 is 0. The smallest absolute Gasteiger partial charge is 0.185 e. The van der Waals surface area contributed by atoms with Crippen molar-refractivity contribution in [1.82, 2.24) is 10.3 Å².